The van der Waals surface area contributed by atoms with Crippen molar-refractivity contribution in [2.24, 2.45) is 0 Å². The Morgan fingerprint density at radius 3 is 2.84 bits per heavy atom. The minimum Gasteiger partial charge on any atom is -0.384 e. The first kappa shape index (κ1) is 20.9. The van der Waals surface area contributed by atoms with Crippen molar-refractivity contribution in [3.63, 3.8) is 0 Å². The summed E-state index contributed by atoms with van der Waals surface area (Å²) in [7, 11) is 0. The van der Waals surface area contributed by atoms with E-state index in [4.69, 9.17) is 4.74 Å². The molecule has 0 aliphatic carbocycles. The number of nitrogens with one attached hydrogen (secondary N) is 1. The lowest BCUT2D eigenvalue weighted by atomic mass is 9.90. The molecule has 2 aliphatic rings. The van der Waals surface area contributed by atoms with Gasteiger partial charge in [-0.05, 0) is 36.6 Å². The number of ether oxygens (including phenoxy) is 1. The summed E-state index contributed by atoms with van der Waals surface area (Å²) in [6.45, 7) is 2.23. The number of fused-ring (bicyclic) bond motifs is 1. The normalized spacial score (nSPS) is 27.4. The fourth-order valence-corrected chi connectivity index (χ4v) is 4.61. The minimum atomic E-state index is -3.65. The number of hydrogen-bond acceptors (Lipinski definition) is 6. The van der Waals surface area contributed by atoms with Crippen LogP contribution in [0.4, 0.5) is 8.78 Å². The van der Waals surface area contributed by atoms with Crippen LogP contribution < -0.4 is 5.69 Å². The number of nitrogens with zero attached hydrogens (tertiary/aromatic N) is 4. The van der Waals surface area contributed by atoms with Crippen LogP contribution in [0.1, 0.15) is 34.8 Å². The van der Waals surface area contributed by atoms with Gasteiger partial charge < -0.3 is 9.84 Å². The van der Waals surface area contributed by atoms with E-state index in [9.17, 15) is 18.7 Å². The number of benzene rings is 1. The molecule has 0 radical (unpaired) electrons. The van der Waals surface area contributed by atoms with Crippen LogP contribution in [0, 0.1) is 6.92 Å². The molecule has 0 spiro atoms. The van der Waals surface area contributed by atoms with Gasteiger partial charge >= 0.3 is 11.6 Å². The number of alkyl halides is 2. The summed E-state index contributed by atoms with van der Waals surface area (Å²) in [4.78, 5) is 17.9. The minimum absolute atomic E-state index is 0.0488. The van der Waals surface area contributed by atoms with Gasteiger partial charge in [0.15, 0.2) is 0 Å². The van der Waals surface area contributed by atoms with Gasteiger partial charge in [0.2, 0.25) is 6.23 Å². The average molecular weight is 443 g/mol. The zero-order valence-electron chi connectivity index (χ0n) is 17.4. The van der Waals surface area contributed by atoms with E-state index >= 15 is 0 Å². The fourth-order valence-electron chi connectivity index (χ4n) is 4.61. The summed E-state index contributed by atoms with van der Waals surface area (Å²) < 4.78 is 36.3. The topological polar surface area (TPSA) is 96.3 Å². The number of aliphatic hydroxyl groups is 1. The molecule has 2 N–H and O–H groups in total. The third-order valence-electron chi connectivity index (χ3n) is 6.20. The zero-order valence-corrected chi connectivity index (χ0v) is 17.4. The highest BCUT2D eigenvalue weighted by Crippen LogP contribution is 2.43. The predicted molar refractivity (Wildman–Crippen MR) is 110 cm³/mol. The number of aliphatic hydroxyl groups excluding tert-OH is 1. The summed E-state index contributed by atoms with van der Waals surface area (Å²) in [5, 5.41) is 17.6. The highest BCUT2D eigenvalue weighted by atomic mass is 19.3. The Balaban J connectivity index is 1.45. The van der Waals surface area contributed by atoms with Gasteiger partial charge in [-0.2, -0.15) is 18.9 Å². The molecule has 3 aromatic rings. The van der Waals surface area contributed by atoms with Gasteiger partial charge in [-0.15, -0.1) is 0 Å². The summed E-state index contributed by atoms with van der Waals surface area (Å²) in [6, 6.07) is 11.0. The Morgan fingerprint density at radius 1 is 1.28 bits per heavy atom. The maximum atomic E-state index is 15.0. The van der Waals surface area contributed by atoms with Crippen molar-refractivity contribution in [2.75, 3.05) is 13.1 Å². The largest absolute Gasteiger partial charge is 0.384 e. The first-order chi connectivity index (χ1) is 15.4. The second kappa shape index (κ2) is 7.88. The first-order valence-corrected chi connectivity index (χ1v) is 10.4. The standard InChI is InChI=1S/C22H23F2N5O3/c1-13-7-11-29(21(31)26-13)20-22(23,24)19(30)17(32-20)12-28-10-8-14-4-2-3-5-15(14)18(28)16-6-9-25-27-16/h2-7,9,11,17-20,30H,8,10,12H2,1H3,(H,25,27)/t17-,18?,19-,20-/m1/s1. The molecule has 0 saturated carbocycles. The van der Waals surface area contributed by atoms with E-state index in [2.05, 4.69) is 15.2 Å². The molecule has 0 bridgehead atoms. The average Bonchev–Trinajstić information content (AvgIpc) is 3.37. The lowest BCUT2D eigenvalue weighted by Crippen LogP contribution is -2.46. The van der Waals surface area contributed by atoms with E-state index in [-0.39, 0.29) is 12.6 Å². The maximum Gasteiger partial charge on any atom is 0.350 e. The van der Waals surface area contributed by atoms with Gasteiger partial charge in [-0.25, -0.2) is 4.79 Å². The van der Waals surface area contributed by atoms with Gasteiger partial charge in [0.1, 0.15) is 12.2 Å². The van der Waals surface area contributed by atoms with Crippen LogP contribution in [-0.2, 0) is 11.2 Å². The van der Waals surface area contributed by atoms with Crippen LogP contribution in [0.15, 0.2) is 53.6 Å². The Bertz CT molecular complexity index is 1170. The molecule has 1 unspecified atom stereocenters. The molecule has 0 amide bonds. The second-order valence-electron chi connectivity index (χ2n) is 8.25. The van der Waals surface area contributed by atoms with E-state index in [0.29, 0.717) is 12.2 Å². The van der Waals surface area contributed by atoms with Crippen LogP contribution in [0.3, 0.4) is 0 Å². The summed E-state index contributed by atoms with van der Waals surface area (Å²) in [5.74, 6) is -3.65. The smallest absolute Gasteiger partial charge is 0.350 e. The molecule has 1 aromatic carbocycles. The fraction of sp³-hybridized carbons (Fsp3) is 0.409. The number of hydrogen-bond donors (Lipinski definition) is 2. The molecule has 168 valence electrons. The monoisotopic (exact) mass is 443 g/mol. The molecule has 10 heteroatoms. The number of H-pyrrole nitrogens is 1. The van der Waals surface area contributed by atoms with Crippen molar-refractivity contribution in [2.45, 2.75) is 43.7 Å². The van der Waals surface area contributed by atoms with Crippen LogP contribution in [0.25, 0.3) is 0 Å². The Hall–Kier alpha value is -2.95. The molecule has 1 fully saturated rings. The number of aromatic nitrogens is 4. The molecule has 4 heterocycles. The van der Waals surface area contributed by atoms with Crippen LogP contribution in [0.2, 0.25) is 0 Å². The van der Waals surface area contributed by atoms with Crippen molar-refractivity contribution in [3.05, 3.63) is 81.8 Å². The molecular formula is C22H23F2N5O3. The number of aromatic amines is 1. The van der Waals surface area contributed by atoms with E-state index < -0.39 is 30.0 Å². The van der Waals surface area contributed by atoms with Crippen LogP contribution >= 0.6 is 0 Å². The molecule has 5 rings (SSSR count). The van der Waals surface area contributed by atoms with Crippen LogP contribution in [0.5, 0.6) is 0 Å². The van der Waals surface area contributed by atoms with Gasteiger partial charge in [-0.1, -0.05) is 24.3 Å². The van der Waals surface area contributed by atoms with Crippen LogP contribution in [-0.4, -0.2) is 61.0 Å². The van der Waals surface area contributed by atoms with E-state index in [1.54, 1.807) is 13.1 Å². The van der Waals surface area contributed by atoms with Crippen molar-refractivity contribution in [1.82, 2.24) is 24.6 Å². The highest BCUT2D eigenvalue weighted by Gasteiger charge is 2.60. The zero-order chi connectivity index (χ0) is 22.5. The molecule has 1 saturated heterocycles. The number of halogens is 2. The lowest BCUT2D eigenvalue weighted by molar-refractivity contribution is -0.140. The molecule has 32 heavy (non-hydrogen) atoms. The number of rotatable bonds is 4. The Morgan fingerprint density at radius 2 is 2.09 bits per heavy atom. The molecular weight excluding hydrogens is 420 g/mol. The summed E-state index contributed by atoms with van der Waals surface area (Å²) in [6.07, 6.45) is -1.52. The number of aryl methyl sites for hydroxylation is 1. The second-order valence-corrected chi connectivity index (χ2v) is 8.25. The van der Waals surface area contributed by atoms with Crippen molar-refractivity contribution in [3.8, 4) is 0 Å². The quantitative estimate of drug-likeness (QED) is 0.639. The van der Waals surface area contributed by atoms with E-state index in [1.165, 1.54) is 17.8 Å². The summed E-state index contributed by atoms with van der Waals surface area (Å²) in [5.41, 5.74) is 2.54. The predicted octanol–water partition coefficient (Wildman–Crippen LogP) is 1.82. The molecule has 8 nitrogen and oxygen atoms in total. The SMILES string of the molecule is Cc1ccn([C@@H]2O[C@H](CN3CCc4ccccc4C3c3cc[nH]n3)[C@@H](O)C2(F)F)c(=O)n1. The van der Waals surface area contributed by atoms with Crippen molar-refractivity contribution >= 4 is 0 Å². The van der Waals surface area contributed by atoms with Crippen molar-refractivity contribution < 1.29 is 18.6 Å². The van der Waals surface area contributed by atoms with Crippen molar-refractivity contribution in [1.29, 1.82) is 0 Å². The van der Waals surface area contributed by atoms with Gasteiger partial charge in [-0.3, -0.25) is 14.6 Å². The molecule has 4 atom stereocenters. The molecule has 2 aliphatic heterocycles. The van der Waals surface area contributed by atoms with Gasteiger partial charge in [0.25, 0.3) is 0 Å². The third kappa shape index (κ3) is 3.44. The Labute approximate surface area is 182 Å². The summed E-state index contributed by atoms with van der Waals surface area (Å²) >= 11 is 0. The van der Waals surface area contributed by atoms with E-state index in [1.807, 2.05) is 35.2 Å². The first-order valence-electron chi connectivity index (χ1n) is 10.4. The molecule has 2 aromatic heterocycles. The highest BCUT2D eigenvalue weighted by molar-refractivity contribution is 5.37. The third-order valence-corrected chi connectivity index (χ3v) is 6.20. The van der Waals surface area contributed by atoms with Gasteiger partial charge in [0.05, 0.1) is 11.7 Å². The Kier molecular flexibility index (Phi) is 5.15. The maximum absolute atomic E-state index is 15.0. The van der Waals surface area contributed by atoms with Gasteiger partial charge in [0, 0.05) is 31.2 Å². The lowest BCUT2D eigenvalue weighted by Gasteiger charge is -2.38. The van der Waals surface area contributed by atoms with E-state index in [0.717, 1.165) is 22.2 Å².